The molecule has 1 N–H and O–H groups in total. The summed E-state index contributed by atoms with van der Waals surface area (Å²) in [5, 5.41) is 8.74. The average molecular weight is 150 g/mol. The van der Waals surface area contributed by atoms with E-state index in [1.807, 2.05) is 30.3 Å². The van der Waals surface area contributed by atoms with E-state index in [9.17, 15) is 0 Å². The van der Waals surface area contributed by atoms with Gasteiger partial charge in [0, 0.05) is 6.42 Å². The highest BCUT2D eigenvalue weighted by Gasteiger charge is 1.96. The van der Waals surface area contributed by atoms with Gasteiger partial charge in [0.15, 0.2) is 13.3 Å². The van der Waals surface area contributed by atoms with Crippen molar-refractivity contribution in [3.63, 3.8) is 0 Å². The van der Waals surface area contributed by atoms with Gasteiger partial charge in [-0.25, -0.2) is 0 Å². The van der Waals surface area contributed by atoms with Crippen LogP contribution in [0.3, 0.4) is 0 Å². The van der Waals surface area contributed by atoms with E-state index in [0.29, 0.717) is 6.54 Å². The predicted molar refractivity (Wildman–Crippen MR) is 44.2 cm³/mol. The van der Waals surface area contributed by atoms with Crippen LogP contribution in [0.25, 0.3) is 0 Å². The number of benzene rings is 1. The summed E-state index contributed by atoms with van der Waals surface area (Å²) in [4.78, 5) is 0. The first kappa shape index (κ1) is 7.79. The quantitative estimate of drug-likeness (QED) is 0.299. The van der Waals surface area contributed by atoms with E-state index in [-0.39, 0.29) is 0 Å². The van der Waals surface area contributed by atoms with Gasteiger partial charge in [-0.2, -0.15) is 0 Å². The molecule has 0 unspecified atom stereocenters. The first-order valence-corrected chi connectivity index (χ1v) is 3.60. The van der Waals surface area contributed by atoms with E-state index in [1.54, 1.807) is 0 Å². The van der Waals surface area contributed by atoms with Crippen molar-refractivity contribution in [2.45, 2.75) is 6.42 Å². The molecule has 0 amide bonds. The van der Waals surface area contributed by atoms with Crippen LogP contribution in [0.2, 0.25) is 0 Å². The fourth-order valence-corrected chi connectivity index (χ4v) is 0.903. The average Bonchev–Trinajstić information content (AvgIpc) is 2.03. The Bertz CT molecular complexity index is 231. The smallest absolute Gasteiger partial charge is 0.196 e. The maximum atomic E-state index is 8.74. The minimum atomic E-state index is 0.573. The highest BCUT2D eigenvalue weighted by Crippen LogP contribution is 1.98. The maximum Gasteiger partial charge on any atom is 0.196 e. The molecular weight excluding hydrogens is 138 g/mol. The molecule has 0 aliphatic carbocycles. The summed E-state index contributed by atoms with van der Waals surface area (Å²) in [7, 11) is 0. The second kappa shape index (κ2) is 3.76. The van der Waals surface area contributed by atoms with Crippen molar-refractivity contribution < 1.29 is 9.95 Å². The molecule has 0 fully saturated rings. The van der Waals surface area contributed by atoms with Gasteiger partial charge in [-0.3, -0.25) is 5.21 Å². The second-order valence-electron chi connectivity index (χ2n) is 2.47. The van der Waals surface area contributed by atoms with Crippen LogP contribution in [0.5, 0.6) is 0 Å². The molecule has 1 aromatic rings. The Morgan fingerprint density at radius 2 is 1.91 bits per heavy atom. The van der Waals surface area contributed by atoms with Crippen molar-refractivity contribution >= 4 is 6.72 Å². The van der Waals surface area contributed by atoms with E-state index < -0.39 is 0 Å². The second-order valence-corrected chi connectivity index (χ2v) is 2.47. The molecule has 0 bridgehead atoms. The van der Waals surface area contributed by atoms with Gasteiger partial charge >= 0.3 is 0 Å². The monoisotopic (exact) mass is 150 g/mol. The molecule has 11 heavy (non-hydrogen) atoms. The molecule has 0 aliphatic heterocycles. The summed E-state index contributed by atoms with van der Waals surface area (Å²) < 4.78 is 0.951. The summed E-state index contributed by atoms with van der Waals surface area (Å²) in [6, 6.07) is 10.0. The number of hydroxylamine groups is 1. The first-order valence-electron chi connectivity index (χ1n) is 3.60. The van der Waals surface area contributed by atoms with Gasteiger partial charge in [0.25, 0.3) is 0 Å². The lowest BCUT2D eigenvalue weighted by Gasteiger charge is -1.94. The van der Waals surface area contributed by atoms with Crippen LogP contribution in [0.4, 0.5) is 0 Å². The van der Waals surface area contributed by atoms with E-state index in [0.717, 1.165) is 11.2 Å². The summed E-state index contributed by atoms with van der Waals surface area (Å²) in [6.45, 7) is 3.92. The molecule has 0 aliphatic rings. The summed E-state index contributed by atoms with van der Waals surface area (Å²) >= 11 is 0. The van der Waals surface area contributed by atoms with Crippen molar-refractivity contribution in [1.29, 1.82) is 0 Å². The zero-order valence-electron chi connectivity index (χ0n) is 6.40. The summed E-state index contributed by atoms with van der Waals surface area (Å²) in [5.74, 6) is 0. The molecule has 0 saturated carbocycles. The Morgan fingerprint density at radius 3 is 2.45 bits per heavy atom. The molecule has 1 rings (SSSR count). The van der Waals surface area contributed by atoms with Crippen LogP contribution in [0.1, 0.15) is 5.56 Å². The topological polar surface area (TPSA) is 23.2 Å². The number of rotatable bonds is 3. The van der Waals surface area contributed by atoms with Crippen LogP contribution < -0.4 is 0 Å². The molecule has 0 atom stereocenters. The molecule has 0 heterocycles. The predicted octanol–water partition coefficient (Wildman–Crippen LogP) is 1.33. The van der Waals surface area contributed by atoms with E-state index in [4.69, 9.17) is 5.21 Å². The third-order valence-electron chi connectivity index (χ3n) is 1.50. The van der Waals surface area contributed by atoms with E-state index >= 15 is 0 Å². The van der Waals surface area contributed by atoms with E-state index in [2.05, 4.69) is 6.72 Å². The minimum Gasteiger partial charge on any atom is -0.291 e. The van der Waals surface area contributed by atoms with Crippen molar-refractivity contribution in [3.05, 3.63) is 35.9 Å². The van der Waals surface area contributed by atoms with E-state index in [1.165, 1.54) is 5.56 Å². The highest BCUT2D eigenvalue weighted by atomic mass is 16.5. The van der Waals surface area contributed by atoms with Crippen LogP contribution in [-0.4, -0.2) is 23.2 Å². The zero-order valence-corrected chi connectivity index (χ0v) is 6.40. The molecule has 0 radical (unpaired) electrons. The maximum absolute atomic E-state index is 8.74. The van der Waals surface area contributed by atoms with Crippen molar-refractivity contribution in [3.8, 4) is 0 Å². The molecule has 58 valence electrons. The Morgan fingerprint density at radius 1 is 1.27 bits per heavy atom. The zero-order chi connectivity index (χ0) is 8.10. The largest absolute Gasteiger partial charge is 0.291 e. The van der Waals surface area contributed by atoms with Crippen molar-refractivity contribution in [2.24, 2.45) is 0 Å². The number of hydrogen-bond acceptors (Lipinski definition) is 1. The highest BCUT2D eigenvalue weighted by molar-refractivity contribution is 5.15. The Hall–Kier alpha value is -1.31. The normalized spacial score (nSPS) is 9.45. The Kier molecular flexibility index (Phi) is 2.66. The summed E-state index contributed by atoms with van der Waals surface area (Å²) in [5.41, 5.74) is 1.22. The lowest BCUT2D eigenvalue weighted by Crippen LogP contribution is -2.07. The van der Waals surface area contributed by atoms with Gasteiger partial charge in [-0.05, 0) is 10.3 Å². The lowest BCUT2D eigenvalue weighted by molar-refractivity contribution is -0.768. The van der Waals surface area contributed by atoms with Gasteiger partial charge in [0.1, 0.15) is 0 Å². The van der Waals surface area contributed by atoms with Crippen LogP contribution in [-0.2, 0) is 6.42 Å². The van der Waals surface area contributed by atoms with Crippen molar-refractivity contribution in [2.75, 3.05) is 6.54 Å². The SMILES string of the molecule is C=[N+](O)CCc1ccccc1. The molecule has 0 aromatic heterocycles. The Labute approximate surface area is 66.4 Å². The molecular formula is C9H12NO+. The third kappa shape index (κ3) is 2.85. The van der Waals surface area contributed by atoms with Gasteiger partial charge in [0.2, 0.25) is 0 Å². The first-order chi connectivity index (χ1) is 5.29. The van der Waals surface area contributed by atoms with Crippen LogP contribution >= 0.6 is 0 Å². The van der Waals surface area contributed by atoms with Gasteiger partial charge in [-0.1, -0.05) is 30.3 Å². The number of nitrogens with zero attached hydrogens (tertiary/aromatic N) is 1. The van der Waals surface area contributed by atoms with Gasteiger partial charge in [-0.15, -0.1) is 0 Å². The molecule has 0 spiro atoms. The van der Waals surface area contributed by atoms with Gasteiger partial charge in [0.05, 0.1) is 0 Å². The Balaban J connectivity index is 2.45. The van der Waals surface area contributed by atoms with Gasteiger partial charge < -0.3 is 0 Å². The standard InChI is InChI=1S/C9H12NO/c1-10(11)8-7-9-5-3-2-4-6-9/h2-6,11H,1,7-8H2/q+1. The lowest BCUT2D eigenvalue weighted by atomic mass is 10.2. The van der Waals surface area contributed by atoms with Crippen LogP contribution in [0.15, 0.2) is 30.3 Å². The minimum absolute atomic E-state index is 0.573. The molecule has 1 aromatic carbocycles. The molecule has 2 nitrogen and oxygen atoms in total. The fraction of sp³-hybridized carbons (Fsp3) is 0.222. The number of hydrogen-bond donors (Lipinski definition) is 1. The molecule has 0 saturated heterocycles. The van der Waals surface area contributed by atoms with Crippen LogP contribution in [0, 0.1) is 0 Å². The fourth-order valence-electron chi connectivity index (χ4n) is 0.903. The molecule has 2 heteroatoms. The third-order valence-corrected chi connectivity index (χ3v) is 1.50. The van der Waals surface area contributed by atoms with Crippen molar-refractivity contribution in [1.82, 2.24) is 0 Å². The summed E-state index contributed by atoms with van der Waals surface area (Å²) in [6.07, 6.45) is 0.834.